The number of guanidine groups is 1. The molecule has 2 N–H and O–H groups in total. The minimum absolute atomic E-state index is 0. The number of benzene rings is 2. The van der Waals surface area contributed by atoms with Crippen molar-refractivity contribution >= 4 is 35.8 Å². The maximum Gasteiger partial charge on any atom is 0.243 e. The molecule has 0 aliphatic heterocycles. The van der Waals surface area contributed by atoms with Crippen LogP contribution in [-0.4, -0.2) is 57.6 Å². The lowest BCUT2D eigenvalue weighted by Crippen LogP contribution is -2.40. The molecule has 0 aliphatic carbocycles. The minimum atomic E-state index is -0.219. The van der Waals surface area contributed by atoms with Gasteiger partial charge in [0.1, 0.15) is 18.1 Å². The first kappa shape index (κ1) is 25.7. The molecular formula is C22H30FIN4O2. The number of methoxy groups -OCH3 is 1. The molecule has 0 bridgehead atoms. The highest BCUT2D eigenvalue weighted by Crippen LogP contribution is 2.11. The Morgan fingerprint density at radius 2 is 1.67 bits per heavy atom. The molecule has 2 aromatic rings. The molecule has 0 saturated carbocycles. The van der Waals surface area contributed by atoms with E-state index in [0.29, 0.717) is 31.0 Å². The number of hydrogen-bond donors (Lipinski definition) is 2. The molecule has 2 rings (SSSR count). The highest BCUT2D eigenvalue weighted by atomic mass is 127. The van der Waals surface area contributed by atoms with E-state index in [-0.39, 0.29) is 42.2 Å². The zero-order valence-electron chi connectivity index (χ0n) is 17.7. The van der Waals surface area contributed by atoms with Gasteiger partial charge in [0, 0.05) is 27.2 Å². The van der Waals surface area contributed by atoms with Crippen LogP contribution >= 0.6 is 24.0 Å². The van der Waals surface area contributed by atoms with E-state index in [9.17, 15) is 9.18 Å². The number of carbonyl (C=O) groups is 1. The number of likely N-dealkylation sites (N-methyl/N-ethyl adjacent to an activating group) is 1. The average molecular weight is 528 g/mol. The molecule has 0 atom stereocenters. The molecule has 1 amide bonds. The number of amides is 1. The monoisotopic (exact) mass is 528 g/mol. The Hall–Kier alpha value is -2.36. The van der Waals surface area contributed by atoms with Crippen LogP contribution in [-0.2, 0) is 17.6 Å². The molecule has 0 spiro atoms. The quantitative estimate of drug-likeness (QED) is 0.299. The summed E-state index contributed by atoms with van der Waals surface area (Å²) >= 11 is 0. The van der Waals surface area contributed by atoms with Crippen LogP contribution in [0, 0.1) is 5.82 Å². The zero-order chi connectivity index (χ0) is 21.1. The second-order valence-corrected chi connectivity index (χ2v) is 6.75. The first-order valence-corrected chi connectivity index (χ1v) is 9.58. The lowest BCUT2D eigenvalue weighted by Gasteiger charge is -2.14. The van der Waals surface area contributed by atoms with E-state index < -0.39 is 0 Å². The van der Waals surface area contributed by atoms with Gasteiger partial charge < -0.3 is 20.3 Å². The van der Waals surface area contributed by atoms with Gasteiger partial charge in [0.25, 0.3) is 0 Å². The van der Waals surface area contributed by atoms with Gasteiger partial charge in [0.15, 0.2) is 5.96 Å². The Morgan fingerprint density at radius 3 is 2.27 bits per heavy atom. The molecule has 0 aromatic heterocycles. The van der Waals surface area contributed by atoms with E-state index in [1.54, 1.807) is 33.3 Å². The van der Waals surface area contributed by atoms with Gasteiger partial charge in [-0.15, -0.1) is 24.0 Å². The summed E-state index contributed by atoms with van der Waals surface area (Å²) in [6.07, 6.45) is 1.31. The van der Waals surface area contributed by atoms with Gasteiger partial charge in [-0.2, -0.15) is 0 Å². The third kappa shape index (κ3) is 8.98. The minimum Gasteiger partial charge on any atom is -0.497 e. The van der Waals surface area contributed by atoms with Crippen molar-refractivity contribution in [2.24, 2.45) is 4.99 Å². The summed E-state index contributed by atoms with van der Waals surface area (Å²) in [5, 5.41) is 6.41. The van der Waals surface area contributed by atoms with Crippen LogP contribution in [0.25, 0.3) is 0 Å². The molecule has 0 aliphatic rings. The highest BCUT2D eigenvalue weighted by Gasteiger charge is 2.06. The fourth-order valence-corrected chi connectivity index (χ4v) is 2.60. The van der Waals surface area contributed by atoms with Crippen molar-refractivity contribution in [1.29, 1.82) is 0 Å². The molecule has 0 radical (unpaired) electrons. The molecule has 30 heavy (non-hydrogen) atoms. The normalized spacial score (nSPS) is 10.7. The average Bonchev–Trinajstić information content (AvgIpc) is 2.73. The number of ether oxygens (including phenoxy) is 1. The Bertz CT molecular complexity index is 813. The lowest BCUT2D eigenvalue weighted by molar-refractivity contribution is -0.127. The van der Waals surface area contributed by atoms with Gasteiger partial charge in [-0.05, 0) is 42.2 Å². The van der Waals surface area contributed by atoms with Crippen LogP contribution in [0.2, 0.25) is 0 Å². The van der Waals surface area contributed by atoms with Crippen molar-refractivity contribution in [2.45, 2.75) is 12.8 Å². The molecular weight excluding hydrogens is 498 g/mol. The molecule has 2 aromatic carbocycles. The van der Waals surface area contributed by atoms with Gasteiger partial charge in [0.2, 0.25) is 5.91 Å². The zero-order valence-corrected chi connectivity index (χ0v) is 20.0. The summed E-state index contributed by atoms with van der Waals surface area (Å²) in [6, 6.07) is 14.6. The maximum atomic E-state index is 13.8. The van der Waals surface area contributed by atoms with Gasteiger partial charge >= 0.3 is 0 Å². The molecule has 164 valence electrons. The van der Waals surface area contributed by atoms with Crippen molar-refractivity contribution in [1.82, 2.24) is 15.5 Å². The van der Waals surface area contributed by atoms with E-state index in [1.807, 2.05) is 30.3 Å². The molecule has 0 saturated heterocycles. The number of nitrogens with zero attached hydrogens (tertiary/aromatic N) is 2. The number of nitrogens with one attached hydrogen (secondary N) is 2. The predicted octanol–water partition coefficient (Wildman–Crippen LogP) is 2.86. The largest absolute Gasteiger partial charge is 0.497 e. The van der Waals surface area contributed by atoms with E-state index in [4.69, 9.17) is 4.74 Å². The van der Waals surface area contributed by atoms with E-state index >= 15 is 0 Å². The Balaban J connectivity index is 0.00000450. The lowest BCUT2D eigenvalue weighted by atomic mass is 10.1. The van der Waals surface area contributed by atoms with Crippen LogP contribution in [0.3, 0.4) is 0 Å². The highest BCUT2D eigenvalue weighted by molar-refractivity contribution is 14.0. The smallest absolute Gasteiger partial charge is 0.243 e. The second-order valence-electron chi connectivity index (χ2n) is 6.75. The van der Waals surface area contributed by atoms with E-state index in [2.05, 4.69) is 15.6 Å². The third-order valence-electron chi connectivity index (χ3n) is 4.38. The molecule has 0 fully saturated rings. The second kappa shape index (κ2) is 13.8. The van der Waals surface area contributed by atoms with Crippen LogP contribution in [0.15, 0.2) is 53.5 Å². The number of carbonyl (C=O) groups excluding carboxylic acids is 1. The Kier molecular flexibility index (Phi) is 11.8. The standard InChI is InChI=1S/C22H29FN4O2.HI/c1-27(2)21(28)16-26-22(25-15-13-18-6-4-5-7-20(18)23)24-14-12-17-8-10-19(29-3)11-9-17;/h4-11H,12-16H2,1-3H3,(H2,24,25,26);1H. The SMILES string of the molecule is COc1ccc(CCNC(=NCC(=O)N(C)C)NCCc2ccccc2F)cc1.I. The fraction of sp³-hybridized carbons (Fsp3) is 0.364. The number of rotatable bonds is 9. The summed E-state index contributed by atoms with van der Waals surface area (Å²) < 4.78 is 18.9. The fourth-order valence-electron chi connectivity index (χ4n) is 2.60. The summed E-state index contributed by atoms with van der Waals surface area (Å²) in [4.78, 5) is 17.7. The summed E-state index contributed by atoms with van der Waals surface area (Å²) in [6.45, 7) is 1.20. The maximum absolute atomic E-state index is 13.8. The first-order valence-electron chi connectivity index (χ1n) is 9.58. The Morgan fingerprint density at radius 1 is 1.03 bits per heavy atom. The van der Waals surface area contributed by atoms with Crippen molar-refractivity contribution in [3.63, 3.8) is 0 Å². The molecule has 0 heterocycles. The molecule has 6 nitrogen and oxygen atoms in total. The van der Waals surface area contributed by atoms with E-state index in [1.165, 1.54) is 11.0 Å². The first-order chi connectivity index (χ1) is 14.0. The third-order valence-corrected chi connectivity index (χ3v) is 4.38. The van der Waals surface area contributed by atoms with Crippen LogP contribution in [0.5, 0.6) is 5.75 Å². The molecule has 8 heteroatoms. The number of aliphatic imine (C=N–C) groups is 1. The van der Waals surface area contributed by atoms with Crippen LogP contribution in [0.1, 0.15) is 11.1 Å². The van der Waals surface area contributed by atoms with Crippen molar-refractivity contribution < 1.29 is 13.9 Å². The summed E-state index contributed by atoms with van der Waals surface area (Å²) in [5.74, 6) is 1.05. The van der Waals surface area contributed by atoms with Gasteiger partial charge in [0.05, 0.1) is 7.11 Å². The predicted molar refractivity (Wildman–Crippen MR) is 129 cm³/mol. The van der Waals surface area contributed by atoms with Crippen molar-refractivity contribution in [3.8, 4) is 5.75 Å². The van der Waals surface area contributed by atoms with Crippen LogP contribution < -0.4 is 15.4 Å². The summed E-state index contributed by atoms with van der Waals surface area (Å²) in [7, 11) is 5.03. The van der Waals surface area contributed by atoms with E-state index in [0.717, 1.165) is 17.7 Å². The van der Waals surface area contributed by atoms with Crippen molar-refractivity contribution in [2.75, 3.05) is 40.8 Å². The van der Waals surface area contributed by atoms with Gasteiger partial charge in [-0.3, -0.25) is 4.79 Å². The van der Waals surface area contributed by atoms with Crippen molar-refractivity contribution in [3.05, 3.63) is 65.5 Å². The number of halogens is 2. The molecule has 0 unspecified atom stereocenters. The van der Waals surface area contributed by atoms with Gasteiger partial charge in [-0.1, -0.05) is 30.3 Å². The topological polar surface area (TPSA) is 66.0 Å². The summed E-state index contributed by atoms with van der Waals surface area (Å²) in [5.41, 5.74) is 1.80. The number of hydrogen-bond acceptors (Lipinski definition) is 3. The Labute approximate surface area is 194 Å². The van der Waals surface area contributed by atoms with Crippen LogP contribution in [0.4, 0.5) is 4.39 Å². The van der Waals surface area contributed by atoms with Gasteiger partial charge in [-0.25, -0.2) is 9.38 Å².